The van der Waals surface area contributed by atoms with Gasteiger partial charge in [-0.15, -0.1) is 0 Å². The van der Waals surface area contributed by atoms with Crippen molar-refractivity contribution in [1.29, 1.82) is 0 Å². The molecule has 2 amide bonds. The monoisotopic (exact) mass is 554 g/mol. The predicted octanol–water partition coefficient (Wildman–Crippen LogP) is 1.77. The standard InChI is InChI=1S/C28H38N6O4S/c1-19-26(20(2)30-18-29-19)28(36)33-16-22-14-32(15-23(22)17-33)13-11-24(21-8-5-4-6-9-21)31-27(35)25-10-7-12-34(25)39(3,37)38/h4-6,8-9,18,22-25H,7,10-17H2,1-3H3,(H,31,35)/t22-,23?,24?,25-/m0/s1. The Morgan fingerprint density at radius 3 is 2.28 bits per heavy atom. The van der Waals surface area contributed by atoms with Crippen LogP contribution in [0.3, 0.4) is 0 Å². The number of hydrogen-bond acceptors (Lipinski definition) is 7. The molecular weight excluding hydrogens is 516 g/mol. The van der Waals surface area contributed by atoms with Crippen molar-refractivity contribution in [2.45, 2.75) is 45.2 Å². The molecule has 0 aliphatic carbocycles. The van der Waals surface area contributed by atoms with Crippen LogP contribution < -0.4 is 5.32 Å². The summed E-state index contributed by atoms with van der Waals surface area (Å²) in [6.45, 7) is 8.20. The third kappa shape index (κ3) is 6.00. The molecule has 5 rings (SSSR count). The fraction of sp³-hybridized carbons (Fsp3) is 0.571. The highest BCUT2D eigenvalue weighted by Crippen LogP contribution is 2.33. The number of aromatic nitrogens is 2. The molecule has 0 spiro atoms. The first-order valence-electron chi connectivity index (χ1n) is 13.7. The highest BCUT2D eigenvalue weighted by atomic mass is 32.2. The van der Waals surface area contributed by atoms with E-state index in [1.54, 1.807) is 0 Å². The second-order valence-electron chi connectivity index (χ2n) is 11.2. The molecule has 2 aromatic rings. The average Bonchev–Trinajstić information content (AvgIpc) is 3.62. The average molecular weight is 555 g/mol. The number of nitrogens with zero attached hydrogens (tertiary/aromatic N) is 5. The molecule has 0 bridgehead atoms. The Morgan fingerprint density at radius 1 is 1.03 bits per heavy atom. The molecule has 0 saturated carbocycles. The fourth-order valence-corrected chi connectivity index (χ4v) is 7.61. The summed E-state index contributed by atoms with van der Waals surface area (Å²) >= 11 is 0. The minimum absolute atomic E-state index is 0.0217. The smallest absolute Gasteiger partial charge is 0.257 e. The molecule has 10 nitrogen and oxygen atoms in total. The van der Waals surface area contributed by atoms with Crippen molar-refractivity contribution >= 4 is 21.8 Å². The lowest BCUT2D eigenvalue weighted by atomic mass is 10.0. The van der Waals surface area contributed by atoms with E-state index in [0.717, 1.165) is 56.1 Å². The quantitative estimate of drug-likeness (QED) is 0.529. The van der Waals surface area contributed by atoms with Crippen molar-refractivity contribution in [1.82, 2.24) is 29.4 Å². The Kier molecular flexibility index (Phi) is 8.02. The van der Waals surface area contributed by atoms with Crippen LogP contribution in [-0.2, 0) is 14.8 Å². The molecular formula is C28H38N6O4S. The van der Waals surface area contributed by atoms with E-state index < -0.39 is 16.1 Å². The number of sulfonamides is 1. The normalized spacial score (nSPS) is 24.6. The molecule has 1 aromatic heterocycles. The molecule has 3 saturated heterocycles. The molecule has 210 valence electrons. The Balaban J connectivity index is 1.19. The number of carbonyl (C=O) groups is 2. The van der Waals surface area contributed by atoms with Crippen molar-refractivity contribution in [3.63, 3.8) is 0 Å². The lowest BCUT2D eigenvalue weighted by molar-refractivity contribution is -0.125. The largest absolute Gasteiger partial charge is 0.348 e. The maximum atomic E-state index is 13.2. The summed E-state index contributed by atoms with van der Waals surface area (Å²) in [5.74, 6) is 0.639. The van der Waals surface area contributed by atoms with Crippen LogP contribution in [0.5, 0.6) is 0 Å². The van der Waals surface area contributed by atoms with E-state index in [2.05, 4.69) is 20.2 Å². The van der Waals surface area contributed by atoms with Crippen molar-refractivity contribution in [3.05, 3.63) is 59.2 Å². The van der Waals surface area contributed by atoms with E-state index in [9.17, 15) is 18.0 Å². The topological polar surface area (TPSA) is 116 Å². The van der Waals surface area contributed by atoms with Crippen LogP contribution in [0.25, 0.3) is 0 Å². The van der Waals surface area contributed by atoms with Gasteiger partial charge in [0.25, 0.3) is 5.91 Å². The number of hydrogen-bond donors (Lipinski definition) is 1. The first kappa shape index (κ1) is 27.7. The van der Waals surface area contributed by atoms with Crippen molar-refractivity contribution in [3.8, 4) is 0 Å². The number of likely N-dealkylation sites (tertiary alicyclic amines) is 2. The Morgan fingerprint density at radius 2 is 1.67 bits per heavy atom. The molecule has 11 heteroatoms. The second-order valence-corrected chi connectivity index (χ2v) is 13.1. The van der Waals surface area contributed by atoms with Crippen molar-refractivity contribution in [2.75, 3.05) is 45.5 Å². The first-order valence-corrected chi connectivity index (χ1v) is 15.6. The highest BCUT2D eigenvalue weighted by Gasteiger charge is 2.42. The SMILES string of the molecule is Cc1ncnc(C)c1C(=O)N1CC2CN(CCC(NC(=O)[C@@H]3CCCN3S(C)(=O)=O)c3ccccc3)C[C@H]2C1. The van der Waals surface area contributed by atoms with Gasteiger partial charge in [-0.1, -0.05) is 30.3 Å². The van der Waals surface area contributed by atoms with Gasteiger partial charge in [-0.3, -0.25) is 9.59 Å². The molecule has 0 radical (unpaired) electrons. The van der Waals surface area contributed by atoms with Gasteiger partial charge in [0, 0.05) is 39.3 Å². The second kappa shape index (κ2) is 11.3. The minimum atomic E-state index is -3.44. The number of rotatable bonds is 8. The van der Waals surface area contributed by atoms with Crippen LogP contribution in [0.2, 0.25) is 0 Å². The van der Waals surface area contributed by atoms with Crippen LogP contribution in [0, 0.1) is 25.7 Å². The molecule has 2 unspecified atom stereocenters. The lowest BCUT2D eigenvalue weighted by Crippen LogP contribution is -2.46. The van der Waals surface area contributed by atoms with Gasteiger partial charge in [0.1, 0.15) is 12.4 Å². The van der Waals surface area contributed by atoms with E-state index in [4.69, 9.17) is 0 Å². The van der Waals surface area contributed by atoms with Crippen LogP contribution in [-0.4, -0.2) is 95.9 Å². The van der Waals surface area contributed by atoms with Gasteiger partial charge in [-0.05, 0) is 50.5 Å². The number of carbonyl (C=O) groups excluding carboxylic acids is 2. The third-order valence-corrected chi connectivity index (χ3v) is 9.76. The summed E-state index contributed by atoms with van der Waals surface area (Å²) in [5, 5.41) is 3.17. The molecule has 4 atom stereocenters. The summed E-state index contributed by atoms with van der Waals surface area (Å²) in [4.78, 5) is 39.3. The number of aryl methyl sites for hydroxylation is 2. The molecule has 3 fully saturated rings. The van der Waals surface area contributed by atoms with Crippen molar-refractivity contribution < 1.29 is 18.0 Å². The van der Waals surface area contributed by atoms with Gasteiger partial charge < -0.3 is 15.1 Å². The molecule has 3 aliphatic rings. The summed E-state index contributed by atoms with van der Waals surface area (Å²) in [6.07, 6.45) is 4.62. The summed E-state index contributed by atoms with van der Waals surface area (Å²) in [5.41, 5.74) is 3.07. The fourth-order valence-electron chi connectivity index (χ4n) is 6.49. The Bertz CT molecular complexity index is 1290. The van der Waals surface area contributed by atoms with E-state index in [0.29, 0.717) is 36.8 Å². The predicted molar refractivity (Wildman–Crippen MR) is 147 cm³/mol. The Hall–Kier alpha value is -2.89. The van der Waals surface area contributed by atoms with Gasteiger partial charge in [-0.2, -0.15) is 4.31 Å². The summed E-state index contributed by atoms with van der Waals surface area (Å²) in [7, 11) is -3.44. The zero-order chi connectivity index (χ0) is 27.7. The van der Waals surface area contributed by atoms with Crippen molar-refractivity contribution in [2.24, 2.45) is 11.8 Å². The number of benzene rings is 1. The van der Waals surface area contributed by atoms with E-state index in [1.165, 1.54) is 16.9 Å². The third-order valence-electron chi connectivity index (χ3n) is 8.47. The minimum Gasteiger partial charge on any atom is -0.348 e. The Labute approximate surface area is 230 Å². The maximum absolute atomic E-state index is 13.2. The van der Waals surface area contributed by atoms with Gasteiger partial charge in [0.2, 0.25) is 15.9 Å². The molecule has 39 heavy (non-hydrogen) atoms. The summed E-state index contributed by atoms with van der Waals surface area (Å²) < 4.78 is 25.7. The zero-order valence-corrected chi connectivity index (χ0v) is 23.7. The zero-order valence-electron chi connectivity index (χ0n) is 22.9. The van der Waals surface area contributed by atoms with Crippen LogP contribution >= 0.6 is 0 Å². The number of fused-ring (bicyclic) bond motifs is 1. The van der Waals surface area contributed by atoms with E-state index in [1.807, 2.05) is 49.1 Å². The van der Waals surface area contributed by atoms with Crippen LogP contribution in [0.1, 0.15) is 52.6 Å². The maximum Gasteiger partial charge on any atom is 0.257 e. The van der Waals surface area contributed by atoms with E-state index in [-0.39, 0.29) is 17.9 Å². The molecule has 1 N–H and O–H groups in total. The van der Waals surface area contributed by atoms with E-state index >= 15 is 0 Å². The molecule has 4 heterocycles. The van der Waals surface area contributed by atoms with Gasteiger partial charge >= 0.3 is 0 Å². The molecule has 1 aromatic carbocycles. The molecule has 3 aliphatic heterocycles. The number of amides is 2. The lowest BCUT2D eigenvalue weighted by Gasteiger charge is -2.27. The first-order chi connectivity index (χ1) is 18.6. The van der Waals surface area contributed by atoms with Gasteiger partial charge in [0.15, 0.2) is 0 Å². The van der Waals surface area contributed by atoms with Gasteiger partial charge in [-0.25, -0.2) is 18.4 Å². The number of nitrogens with one attached hydrogen (secondary N) is 1. The highest BCUT2D eigenvalue weighted by molar-refractivity contribution is 7.88. The van der Waals surface area contributed by atoms with Gasteiger partial charge in [0.05, 0.1) is 29.2 Å². The summed E-state index contributed by atoms with van der Waals surface area (Å²) in [6, 6.07) is 9.02. The van der Waals surface area contributed by atoms with Crippen LogP contribution in [0.4, 0.5) is 0 Å². The van der Waals surface area contributed by atoms with Crippen LogP contribution in [0.15, 0.2) is 36.7 Å².